The van der Waals surface area contributed by atoms with Gasteiger partial charge in [0.25, 0.3) is 0 Å². The molecule has 1 unspecified atom stereocenters. The van der Waals surface area contributed by atoms with Crippen molar-refractivity contribution in [3.63, 3.8) is 0 Å². The minimum atomic E-state index is 0.137. The van der Waals surface area contributed by atoms with E-state index in [1.54, 1.807) is 0 Å². The van der Waals surface area contributed by atoms with Crippen molar-refractivity contribution in [1.29, 1.82) is 0 Å². The number of rotatable bonds is 6. The first kappa shape index (κ1) is 15.0. The fourth-order valence-electron chi connectivity index (χ4n) is 3.09. The maximum Gasteiger partial charge on any atom is 0.0499 e. The van der Waals surface area contributed by atoms with Crippen LogP contribution in [0.4, 0.5) is 0 Å². The zero-order valence-electron chi connectivity index (χ0n) is 12.0. The quantitative estimate of drug-likeness (QED) is 0.770. The molecule has 0 aromatic heterocycles. The van der Waals surface area contributed by atoms with Crippen LogP contribution in [-0.4, -0.2) is 35.7 Å². The fourth-order valence-corrected chi connectivity index (χ4v) is 3.09. The first-order chi connectivity index (χ1) is 8.21. The minimum Gasteiger partial charge on any atom is -0.396 e. The van der Waals surface area contributed by atoms with Gasteiger partial charge < -0.3 is 5.11 Å². The van der Waals surface area contributed by atoms with E-state index in [0.717, 1.165) is 25.4 Å². The summed E-state index contributed by atoms with van der Waals surface area (Å²) < 4.78 is 0. The number of aliphatic hydroxyl groups excluding tert-OH is 1. The molecule has 1 fully saturated rings. The zero-order valence-corrected chi connectivity index (χ0v) is 12.0. The number of aliphatic hydroxyl groups is 1. The molecule has 2 nitrogen and oxygen atoms in total. The molecule has 1 heterocycles. The molecule has 102 valence electrons. The molecule has 0 saturated carbocycles. The van der Waals surface area contributed by atoms with Gasteiger partial charge in [-0.3, -0.25) is 4.90 Å². The highest BCUT2D eigenvalue weighted by Gasteiger charge is 2.31. The summed E-state index contributed by atoms with van der Waals surface area (Å²) in [5.74, 6) is 0. The Balaban J connectivity index is 2.67. The second kappa shape index (κ2) is 7.38. The Hall–Kier alpha value is -0.0800. The summed E-state index contributed by atoms with van der Waals surface area (Å²) in [6, 6.07) is 0.751. The van der Waals surface area contributed by atoms with Gasteiger partial charge in [0, 0.05) is 24.6 Å². The second-order valence-corrected chi connectivity index (χ2v) is 5.75. The molecule has 0 amide bonds. The van der Waals surface area contributed by atoms with Crippen LogP contribution in [0.25, 0.3) is 0 Å². The molecule has 0 aromatic carbocycles. The standard InChI is InChI=1S/C15H31NO/c1-4-14-10-8-7-9-11-16(14)12-15(5-2,6-3)13-17/h14,17H,4-13H2,1-3H3. The van der Waals surface area contributed by atoms with E-state index in [4.69, 9.17) is 0 Å². The Kier molecular flexibility index (Phi) is 6.50. The maximum absolute atomic E-state index is 9.71. The maximum atomic E-state index is 9.71. The summed E-state index contributed by atoms with van der Waals surface area (Å²) in [5, 5.41) is 9.71. The lowest BCUT2D eigenvalue weighted by Crippen LogP contribution is -2.44. The first-order valence-corrected chi connectivity index (χ1v) is 7.56. The molecule has 1 aliphatic rings. The van der Waals surface area contributed by atoms with E-state index < -0.39 is 0 Å². The van der Waals surface area contributed by atoms with Crippen LogP contribution in [0.3, 0.4) is 0 Å². The molecule has 1 aliphatic heterocycles. The molecule has 1 rings (SSSR count). The van der Waals surface area contributed by atoms with E-state index in [1.165, 1.54) is 38.6 Å². The molecule has 0 spiro atoms. The zero-order chi connectivity index (χ0) is 12.7. The lowest BCUT2D eigenvalue weighted by atomic mass is 9.82. The van der Waals surface area contributed by atoms with Gasteiger partial charge in [0.15, 0.2) is 0 Å². The van der Waals surface area contributed by atoms with Crippen molar-refractivity contribution in [1.82, 2.24) is 4.90 Å². The Morgan fingerprint density at radius 2 is 1.82 bits per heavy atom. The van der Waals surface area contributed by atoms with Gasteiger partial charge in [-0.2, -0.15) is 0 Å². The van der Waals surface area contributed by atoms with Crippen molar-refractivity contribution in [2.24, 2.45) is 5.41 Å². The monoisotopic (exact) mass is 241 g/mol. The summed E-state index contributed by atoms with van der Waals surface area (Å²) in [5.41, 5.74) is 0.137. The van der Waals surface area contributed by atoms with Crippen molar-refractivity contribution >= 4 is 0 Å². The molecule has 0 aliphatic carbocycles. The third-order valence-electron chi connectivity index (χ3n) is 4.84. The third-order valence-corrected chi connectivity index (χ3v) is 4.84. The molecule has 1 saturated heterocycles. The highest BCUT2D eigenvalue weighted by atomic mass is 16.3. The molecule has 17 heavy (non-hydrogen) atoms. The molecule has 0 radical (unpaired) electrons. The Labute approximate surface area is 107 Å². The summed E-state index contributed by atoms with van der Waals surface area (Å²) in [6.45, 7) is 9.42. The van der Waals surface area contributed by atoms with Crippen molar-refractivity contribution in [2.45, 2.75) is 71.8 Å². The largest absolute Gasteiger partial charge is 0.396 e. The van der Waals surface area contributed by atoms with E-state index in [-0.39, 0.29) is 5.41 Å². The van der Waals surface area contributed by atoms with Gasteiger partial charge in [-0.15, -0.1) is 0 Å². The van der Waals surface area contributed by atoms with Gasteiger partial charge >= 0.3 is 0 Å². The Morgan fingerprint density at radius 3 is 2.35 bits per heavy atom. The molecule has 0 aromatic rings. The van der Waals surface area contributed by atoms with E-state index in [9.17, 15) is 5.11 Å². The lowest BCUT2D eigenvalue weighted by molar-refractivity contribution is 0.0468. The number of nitrogens with zero attached hydrogens (tertiary/aromatic N) is 1. The topological polar surface area (TPSA) is 23.5 Å². The average molecular weight is 241 g/mol. The molecule has 0 bridgehead atoms. The van der Waals surface area contributed by atoms with Crippen LogP contribution in [0.1, 0.15) is 65.7 Å². The Morgan fingerprint density at radius 1 is 1.12 bits per heavy atom. The Bertz CT molecular complexity index is 193. The third kappa shape index (κ3) is 3.96. The summed E-state index contributed by atoms with van der Waals surface area (Å²) in [4.78, 5) is 2.66. The fraction of sp³-hybridized carbons (Fsp3) is 1.00. The highest BCUT2D eigenvalue weighted by molar-refractivity contribution is 4.84. The van der Waals surface area contributed by atoms with Gasteiger partial charge in [0.05, 0.1) is 0 Å². The normalized spacial score (nSPS) is 23.6. The predicted octanol–water partition coefficient (Wildman–Crippen LogP) is 3.44. The molecule has 2 heteroatoms. The molecule has 1 N–H and O–H groups in total. The minimum absolute atomic E-state index is 0.137. The van der Waals surface area contributed by atoms with Gasteiger partial charge in [0.2, 0.25) is 0 Å². The van der Waals surface area contributed by atoms with Crippen LogP contribution in [0.5, 0.6) is 0 Å². The van der Waals surface area contributed by atoms with Gasteiger partial charge in [-0.25, -0.2) is 0 Å². The van der Waals surface area contributed by atoms with E-state index >= 15 is 0 Å². The summed E-state index contributed by atoms with van der Waals surface area (Å²) in [7, 11) is 0. The number of likely N-dealkylation sites (tertiary alicyclic amines) is 1. The van der Waals surface area contributed by atoms with Crippen LogP contribution in [0, 0.1) is 5.41 Å². The first-order valence-electron chi connectivity index (χ1n) is 7.56. The van der Waals surface area contributed by atoms with Crippen molar-refractivity contribution in [2.75, 3.05) is 19.7 Å². The lowest BCUT2D eigenvalue weighted by Gasteiger charge is -2.39. The van der Waals surface area contributed by atoms with E-state index in [2.05, 4.69) is 25.7 Å². The summed E-state index contributed by atoms with van der Waals surface area (Å²) in [6.07, 6.45) is 8.91. The highest BCUT2D eigenvalue weighted by Crippen LogP contribution is 2.30. The van der Waals surface area contributed by atoms with Gasteiger partial charge in [-0.1, -0.05) is 33.6 Å². The van der Waals surface area contributed by atoms with Crippen LogP contribution in [0.2, 0.25) is 0 Å². The molecular formula is C15H31NO. The van der Waals surface area contributed by atoms with Gasteiger partial charge in [0.1, 0.15) is 0 Å². The number of hydrogen-bond donors (Lipinski definition) is 1. The summed E-state index contributed by atoms with van der Waals surface area (Å²) >= 11 is 0. The van der Waals surface area contributed by atoms with Crippen molar-refractivity contribution in [3.05, 3.63) is 0 Å². The van der Waals surface area contributed by atoms with Crippen molar-refractivity contribution < 1.29 is 5.11 Å². The molecular weight excluding hydrogens is 210 g/mol. The average Bonchev–Trinajstić information content (AvgIpc) is 2.61. The van der Waals surface area contributed by atoms with E-state index in [0.29, 0.717) is 6.61 Å². The van der Waals surface area contributed by atoms with Crippen LogP contribution < -0.4 is 0 Å². The van der Waals surface area contributed by atoms with Crippen LogP contribution in [-0.2, 0) is 0 Å². The second-order valence-electron chi connectivity index (χ2n) is 5.75. The van der Waals surface area contributed by atoms with Gasteiger partial charge in [-0.05, 0) is 38.6 Å². The van der Waals surface area contributed by atoms with Crippen LogP contribution >= 0.6 is 0 Å². The number of hydrogen-bond acceptors (Lipinski definition) is 2. The van der Waals surface area contributed by atoms with E-state index in [1.807, 2.05) is 0 Å². The smallest absolute Gasteiger partial charge is 0.0499 e. The SMILES string of the molecule is CCC1CCCCCN1CC(CC)(CC)CO. The van der Waals surface area contributed by atoms with Crippen LogP contribution in [0.15, 0.2) is 0 Å². The molecule has 1 atom stereocenters. The predicted molar refractivity (Wildman–Crippen MR) is 74.2 cm³/mol. The van der Waals surface area contributed by atoms with Crippen molar-refractivity contribution in [3.8, 4) is 0 Å².